The van der Waals surface area contributed by atoms with Gasteiger partial charge in [-0.3, -0.25) is 9.59 Å². The second-order valence-electron chi connectivity index (χ2n) is 5.28. The minimum atomic E-state index is -0.256. The molecule has 2 amide bonds. The number of hydrazone groups is 1. The fourth-order valence-electron chi connectivity index (χ4n) is 1.97. The lowest BCUT2D eigenvalue weighted by molar-refractivity contribution is -0.121. The molecule has 2 N–H and O–H groups in total. The molecule has 0 unspecified atom stereocenters. The summed E-state index contributed by atoms with van der Waals surface area (Å²) in [7, 11) is 0. The first kappa shape index (κ1) is 14.2. The van der Waals surface area contributed by atoms with Gasteiger partial charge in [0.25, 0.3) is 5.91 Å². The molecule has 1 aromatic rings. The molecular weight excluding hydrogens is 254 g/mol. The average Bonchev–Trinajstić information content (AvgIpc) is 2.41. The van der Waals surface area contributed by atoms with Crippen molar-refractivity contribution in [2.75, 3.05) is 5.32 Å². The molecule has 1 heterocycles. The second-order valence-corrected chi connectivity index (χ2v) is 5.28. The van der Waals surface area contributed by atoms with E-state index in [0.717, 1.165) is 11.3 Å². The molecule has 0 bridgehead atoms. The van der Waals surface area contributed by atoms with Crippen molar-refractivity contribution in [2.45, 2.75) is 39.5 Å². The Morgan fingerprint density at radius 3 is 2.70 bits per heavy atom. The molecule has 1 aromatic carbocycles. The maximum Gasteiger partial charge on any atom is 0.271 e. The highest BCUT2D eigenvalue weighted by Gasteiger charge is 2.19. The van der Waals surface area contributed by atoms with Crippen LogP contribution in [0.25, 0.3) is 0 Å². The largest absolute Gasteiger partial charge is 0.321 e. The molecule has 5 nitrogen and oxygen atoms in total. The Hall–Kier alpha value is -2.17. The van der Waals surface area contributed by atoms with E-state index in [2.05, 4.69) is 35.8 Å². The summed E-state index contributed by atoms with van der Waals surface area (Å²) in [5.74, 6) is -0.00824. The number of nitrogens with zero attached hydrogens (tertiary/aromatic N) is 1. The third-order valence-electron chi connectivity index (χ3n) is 3.34. The number of amides is 2. The summed E-state index contributed by atoms with van der Waals surface area (Å²) in [6.07, 6.45) is 0.678. The van der Waals surface area contributed by atoms with E-state index in [9.17, 15) is 9.59 Å². The SMILES string of the molecule is Cc1ccc(C(C)C)cc1NC(=O)C1=NNC(=O)CC1. The standard InChI is InChI=1S/C15H19N3O2/c1-9(2)11-5-4-10(3)13(8-11)16-15(20)12-6-7-14(19)18-17-12/h4-5,8-9H,6-7H2,1-3H3,(H,16,20)(H,18,19). The van der Waals surface area contributed by atoms with Crippen molar-refractivity contribution in [2.24, 2.45) is 5.10 Å². The van der Waals surface area contributed by atoms with Gasteiger partial charge in [-0.05, 0) is 30.0 Å². The first-order valence-electron chi connectivity index (χ1n) is 6.74. The smallest absolute Gasteiger partial charge is 0.271 e. The van der Waals surface area contributed by atoms with Crippen LogP contribution in [0.15, 0.2) is 23.3 Å². The molecule has 0 aromatic heterocycles. The zero-order chi connectivity index (χ0) is 14.7. The van der Waals surface area contributed by atoms with Crippen LogP contribution >= 0.6 is 0 Å². The van der Waals surface area contributed by atoms with Gasteiger partial charge in [-0.25, -0.2) is 5.43 Å². The summed E-state index contributed by atoms with van der Waals surface area (Å²) < 4.78 is 0. The van der Waals surface area contributed by atoms with Crippen molar-refractivity contribution < 1.29 is 9.59 Å². The van der Waals surface area contributed by atoms with Gasteiger partial charge in [0.15, 0.2) is 0 Å². The Morgan fingerprint density at radius 1 is 1.35 bits per heavy atom. The third-order valence-corrected chi connectivity index (χ3v) is 3.34. The Labute approximate surface area is 118 Å². The molecular formula is C15H19N3O2. The zero-order valence-electron chi connectivity index (χ0n) is 12.0. The van der Waals surface area contributed by atoms with Gasteiger partial charge in [-0.1, -0.05) is 26.0 Å². The molecule has 1 aliphatic rings. The molecule has 0 saturated heterocycles. The Balaban J connectivity index is 2.15. The molecule has 2 rings (SSSR count). The van der Waals surface area contributed by atoms with E-state index >= 15 is 0 Å². The molecule has 106 valence electrons. The molecule has 1 aliphatic heterocycles. The topological polar surface area (TPSA) is 70.6 Å². The van der Waals surface area contributed by atoms with Gasteiger partial charge in [0.1, 0.15) is 5.71 Å². The van der Waals surface area contributed by atoms with Crippen molar-refractivity contribution in [3.8, 4) is 0 Å². The fourth-order valence-corrected chi connectivity index (χ4v) is 1.97. The van der Waals surface area contributed by atoms with Crippen molar-refractivity contribution >= 4 is 23.2 Å². The van der Waals surface area contributed by atoms with Gasteiger partial charge in [0.2, 0.25) is 5.91 Å². The Morgan fingerprint density at radius 2 is 2.10 bits per heavy atom. The molecule has 0 radical (unpaired) electrons. The van der Waals surface area contributed by atoms with E-state index in [1.165, 1.54) is 5.56 Å². The van der Waals surface area contributed by atoms with Gasteiger partial charge in [-0.15, -0.1) is 0 Å². The van der Waals surface area contributed by atoms with Gasteiger partial charge in [0, 0.05) is 18.5 Å². The van der Waals surface area contributed by atoms with E-state index < -0.39 is 0 Å². The van der Waals surface area contributed by atoms with E-state index in [4.69, 9.17) is 0 Å². The van der Waals surface area contributed by atoms with Crippen molar-refractivity contribution in [3.05, 3.63) is 29.3 Å². The first-order chi connectivity index (χ1) is 9.47. The number of carbonyl (C=O) groups is 2. The number of carbonyl (C=O) groups excluding carboxylic acids is 2. The molecule has 20 heavy (non-hydrogen) atoms. The quantitative estimate of drug-likeness (QED) is 0.887. The Bertz CT molecular complexity index is 576. The maximum absolute atomic E-state index is 12.1. The average molecular weight is 273 g/mol. The summed E-state index contributed by atoms with van der Waals surface area (Å²) >= 11 is 0. The normalized spacial score (nSPS) is 14.8. The first-order valence-corrected chi connectivity index (χ1v) is 6.74. The lowest BCUT2D eigenvalue weighted by Gasteiger charge is -2.15. The van der Waals surface area contributed by atoms with Crippen LogP contribution in [0.1, 0.15) is 43.7 Å². The monoisotopic (exact) mass is 273 g/mol. The highest BCUT2D eigenvalue weighted by atomic mass is 16.2. The second kappa shape index (κ2) is 5.86. The molecule has 0 aliphatic carbocycles. The lowest BCUT2D eigenvalue weighted by Crippen LogP contribution is -2.32. The van der Waals surface area contributed by atoms with Gasteiger partial charge in [0.05, 0.1) is 0 Å². The fraction of sp³-hybridized carbons (Fsp3) is 0.400. The molecule has 0 saturated carbocycles. The van der Waals surface area contributed by atoms with Crippen LogP contribution in [0.4, 0.5) is 5.69 Å². The van der Waals surface area contributed by atoms with Crippen LogP contribution < -0.4 is 10.7 Å². The third kappa shape index (κ3) is 3.23. The number of rotatable bonds is 3. The van der Waals surface area contributed by atoms with Crippen LogP contribution in [0, 0.1) is 6.92 Å². The molecule has 0 fully saturated rings. The number of hydrogen-bond acceptors (Lipinski definition) is 3. The van der Waals surface area contributed by atoms with Gasteiger partial charge in [-0.2, -0.15) is 5.10 Å². The number of benzene rings is 1. The van der Waals surface area contributed by atoms with Crippen molar-refractivity contribution in [1.29, 1.82) is 0 Å². The van der Waals surface area contributed by atoms with E-state index in [1.54, 1.807) is 0 Å². The molecule has 5 heteroatoms. The lowest BCUT2D eigenvalue weighted by atomic mass is 10.0. The maximum atomic E-state index is 12.1. The van der Waals surface area contributed by atoms with E-state index in [0.29, 0.717) is 24.5 Å². The van der Waals surface area contributed by atoms with Crippen LogP contribution in [-0.4, -0.2) is 17.5 Å². The van der Waals surface area contributed by atoms with Crippen LogP contribution in [-0.2, 0) is 9.59 Å². The van der Waals surface area contributed by atoms with Crippen molar-refractivity contribution in [3.63, 3.8) is 0 Å². The minimum Gasteiger partial charge on any atom is -0.321 e. The highest BCUT2D eigenvalue weighted by Crippen LogP contribution is 2.22. The summed E-state index contributed by atoms with van der Waals surface area (Å²) in [6.45, 7) is 6.16. The zero-order valence-corrected chi connectivity index (χ0v) is 12.0. The number of aryl methyl sites for hydroxylation is 1. The summed E-state index contributed by atoms with van der Waals surface area (Å²) in [5.41, 5.74) is 5.66. The minimum absolute atomic E-state index is 0.153. The Kier molecular flexibility index (Phi) is 4.17. The van der Waals surface area contributed by atoms with Crippen LogP contribution in [0.3, 0.4) is 0 Å². The summed E-state index contributed by atoms with van der Waals surface area (Å²) in [5, 5.41) is 6.67. The predicted molar refractivity (Wildman–Crippen MR) is 78.7 cm³/mol. The number of nitrogens with one attached hydrogen (secondary N) is 2. The molecule has 0 atom stereocenters. The summed E-state index contributed by atoms with van der Waals surface area (Å²) in [6, 6.07) is 6.04. The van der Waals surface area contributed by atoms with E-state index in [-0.39, 0.29) is 11.8 Å². The number of anilines is 1. The summed E-state index contributed by atoms with van der Waals surface area (Å²) in [4.78, 5) is 23.1. The highest BCUT2D eigenvalue weighted by molar-refractivity contribution is 6.43. The van der Waals surface area contributed by atoms with Crippen molar-refractivity contribution in [1.82, 2.24) is 5.43 Å². The van der Waals surface area contributed by atoms with Crippen LogP contribution in [0.2, 0.25) is 0 Å². The molecule has 0 spiro atoms. The predicted octanol–water partition coefficient (Wildman–Crippen LogP) is 2.32. The van der Waals surface area contributed by atoms with E-state index in [1.807, 2.05) is 19.1 Å². The van der Waals surface area contributed by atoms with Crippen LogP contribution in [0.5, 0.6) is 0 Å². The number of hydrogen-bond donors (Lipinski definition) is 2. The van der Waals surface area contributed by atoms with Gasteiger partial charge < -0.3 is 5.32 Å². The van der Waals surface area contributed by atoms with Gasteiger partial charge >= 0.3 is 0 Å².